The number of benzene rings is 1. The normalized spacial score (nSPS) is 17.7. The summed E-state index contributed by atoms with van der Waals surface area (Å²) in [6.45, 7) is 0.505. The summed E-state index contributed by atoms with van der Waals surface area (Å²) in [5, 5.41) is 3.12. The van der Waals surface area contributed by atoms with Gasteiger partial charge in [-0.3, -0.25) is 4.79 Å². The summed E-state index contributed by atoms with van der Waals surface area (Å²) in [4.78, 5) is 19.5. The van der Waals surface area contributed by atoms with Crippen molar-refractivity contribution in [2.75, 3.05) is 6.54 Å². The van der Waals surface area contributed by atoms with E-state index in [4.69, 9.17) is 5.73 Å². The van der Waals surface area contributed by atoms with Crippen molar-refractivity contribution in [3.05, 3.63) is 30.1 Å². The van der Waals surface area contributed by atoms with Crippen LogP contribution in [0.5, 0.6) is 0 Å². The molecular weight excluding hydrogens is 240 g/mol. The first-order valence-electron chi connectivity index (χ1n) is 6.68. The fourth-order valence-electron chi connectivity index (χ4n) is 2.82. The molecule has 5 nitrogen and oxygen atoms in total. The van der Waals surface area contributed by atoms with Gasteiger partial charge in [0, 0.05) is 12.1 Å². The summed E-state index contributed by atoms with van der Waals surface area (Å²) >= 11 is 0. The highest BCUT2D eigenvalue weighted by Gasteiger charge is 2.34. The number of aromatic nitrogens is 2. The number of carbonyl (C=O) groups is 1. The Morgan fingerprint density at radius 2 is 2.21 bits per heavy atom. The van der Waals surface area contributed by atoms with Crippen LogP contribution in [0.2, 0.25) is 0 Å². The smallest absolute Gasteiger partial charge is 0.251 e. The highest BCUT2D eigenvalue weighted by atomic mass is 16.1. The minimum absolute atomic E-state index is 0.0520. The first-order chi connectivity index (χ1) is 9.22. The number of imidazole rings is 1. The van der Waals surface area contributed by atoms with Gasteiger partial charge in [-0.15, -0.1) is 0 Å². The molecule has 19 heavy (non-hydrogen) atoms. The number of hydrogen-bond donors (Lipinski definition) is 3. The van der Waals surface area contributed by atoms with Crippen LogP contribution in [0, 0.1) is 0 Å². The SMILES string of the molecule is NCC1(NC(=O)c2ccc3nc[nH]c3c2)CCCC1. The van der Waals surface area contributed by atoms with Gasteiger partial charge in [-0.2, -0.15) is 0 Å². The summed E-state index contributed by atoms with van der Waals surface area (Å²) in [7, 11) is 0. The van der Waals surface area contributed by atoms with Gasteiger partial charge in [0.2, 0.25) is 0 Å². The largest absolute Gasteiger partial charge is 0.345 e. The Morgan fingerprint density at radius 1 is 1.42 bits per heavy atom. The molecule has 1 fully saturated rings. The van der Waals surface area contributed by atoms with Crippen molar-refractivity contribution in [1.82, 2.24) is 15.3 Å². The number of hydrogen-bond acceptors (Lipinski definition) is 3. The Hall–Kier alpha value is -1.88. The van der Waals surface area contributed by atoms with E-state index < -0.39 is 0 Å². The Morgan fingerprint density at radius 3 is 2.95 bits per heavy atom. The molecule has 4 N–H and O–H groups in total. The van der Waals surface area contributed by atoms with Crippen molar-refractivity contribution in [2.24, 2.45) is 5.73 Å². The van der Waals surface area contributed by atoms with E-state index in [9.17, 15) is 4.79 Å². The van der Waals surface area contributed by atoms with Gasteiger partial charge in [0.25, 0.3) is 5.91 Å². The van der Waals surface area contributed by atoms with E-state index in [-0.39, 0.29) is 11.4 Å². The lowest BCUT2D eigenvalue weighted by Gasteiger charge is -2.28. The molecule has 0 spiro atoms. The lowest BCUT2D eigenvalue weighted by molar-refractivity contribution is 0.0903. The Balaban J connectivity index is 1.82. The molecule has 1 aliphatic carbocycles. The molecule has 0 radical (unpaired) electrons. The van der Waals surface area contributed by atoms with Crippen molar-refractivity contribution in [1.29, 1.82) is 0 Å². The van der Waals surface area contributed by atoms with Gasteiger partial charge < -0.3 is 16.0 Å². The molecule has 2 aromatic rings. The molecule has 5 heteroatoms. The van der Waals surface area contributed by atoms with E-state index in [1.807, 2.05) is 12.1 Å². The Kier molecular flexibility index (Phi) is 2.98. The van der Waals surface area contributed by atoms with Crippen molar-refractivity contribution in [3.63, 3.8) is 0 Å². The van der Waals surface area contributed by atoms with Crippen LogP contribution in [0.15, 0.2) is 24.5 Å². The summed E-state index contributed by atoms with van der Waals surface area (Å²) < 4.78 is 0. The molecule has 0 bridgehead atoms. The van der Waals surface area contributed by atoms with Gasteiger partial charge in [-0.05, 0) is 31.0 Å². The molecule has 1 amide bonds. The number of amides is 1. The molecule has 100 valence electrons. The third-order valence-electron chi connectivity index (χ3n) is 4.01. The number of rotatable bonds is 3. The van der Waals surface area contributed by atoms with Gasteiger partial charge in [0.15, 0.2) is 0 Å². The van der Waals surface area contributed by atoms with Crippen LogP contribution in [-0.2, 0) is 0 Å². The summed E-state index contributed by atoms with van der Waals surface area (Å²) in [6, 6.07) is 5.49. The minimum Gasteiger partial charge on any atom is -0.345 e. The van der Waals surface area contributed by atoms with Gasteiger partial charge in [0.1, 0.15) is 0 Å². The zero-order valence-electron chi connectivity index (χ0n) is 10.8. The number of nitrogens with one attached hydrogen (secondary N) is 2. The average molecular weight is 258 g/mol. The second-order valence-electron chi connectivity index (χ2n) is 5.28. The first kappa shape index (κ1) is 12.2. The molecule has 0 aliphatic heterocycles. The molecule has 1 aliphatic rings. The number of carbonyl (C=O) groups excluding carboxylic acids is 1. The van der Waals surface area contributed by atoms with Crippen LogP contribution < -0.4 is 11.1 Å². The topological polar surface area (TPSA) is 83.8 Å². The molecule has 0 unspecified atom stereocenters. The standard InChI is InChI=1S/C14H18N4O/c15-8-14(5-1-2-6-14)18-13(19)10-3-4-11-12(7-10)17-9-16-11/h3-4,7,9H,1-2,5-6,8,15H2,(H,16,17)(H,18,19). The number of nitrogens with zero attached hydrogens (tertiary/aromatic N) is 1. The van der Waals surface area contributed by atoms with Gasteiger partial charge in [0.05, 0.1) is 22.9 Å². The van der Waals surface area contributed by atoms with E-state index in [1.54, 1.807) is 12.4 Å². The zero-order valence-corrected chi connectivity index (χ0v) is 10.8. The Labute approximate surface area is 111 Å². The highest BCUT2D eigenvalue weighted by molar-refractivity contribution is 5.97. The molecule has 0 atom stereocenters. The third-order valence-corrected chi connectivity index (χ3v) is 4.01. The maximum Gasteiger partial charge on any atom is 0.251 e. The maximum absolute atomic E-state index is 12.3. The molecule has 3 rings (SSSR count). The van der Waals surface area contributed by atoms with E-state index in [0.29, 0.717) is 12.1 Å². The maximum atomic E-state index is 12.3. The minimum atomic E-state index is -0.208. The lowest BCUT2D eigenvalue weighted by Crippen LogP contribution is -2.51. The average Bonchev–Trinajstić information content (AvgIpc) is 3.06. The van der Waals surface area contributed by atoms with Gasteiger partial charge in [-0.25, -0.2) is 4.98 Å². The van der Waals surface area contributed by atoms with Crippen LogP contribution in [0.3, 0.4) is 0 Å². The van der Waals surface area contributed by atoms with Gasteiger partial charge >= 0.3 is 0 Å². The number of nitrogens with two attached hydrogens (primary N) is 1. The van der Waals surface area contributed by atoms with Crippen LogP contribution in [0.1, 0.15) is 36.0 Å². The fourth-order valence-corrected chi connectivity index (χ4v) is 2.82. The van der Waals surface area contributed by atoms with Crippen molar-refractivity contribution >= 4 is 16.9 Å². The molecule has 1 saturated carbocycles. The van der Waals surface area contributed by atoms with E-state index in [2.05, 4.69) is 15.3 Å². The van der Waals surface area contributed by atoms with Crippen LogP contribution in [-0.4, -0.2) is 28.0 Å². The van der Waals surface area contributed by atoms with E-state index >= 15 is 0 Å². The lowest BCUT2D eigenvalue weighted by atomic mass is 9.97. The van der Waals surface area contributed by atoms with E-state index in [1.165, 1.54) is 0 Å². The van der Waals surface area contributed by atoms with Gasteiger partial charge in [-0.1, -0.05) is 12.8 Å². The predicted molar refractivity (Wildman–Crippen MR) is 73.8 cm³/mol. The fraction of sp³-hybridized carbons (Fsp3) is 0.429. The monoisotopic (exact) mass is 258 g/mol. The second kappa shape index (κ2) is 4.66. The molecular formula is C14H18N4O. The summed E-state index contributed by atoms with van der Waals surface area (Å²) in [5.74, 6) is -0.0520. The van der Waals surface area contributed by atoms with Crippen LogP contribution in [0.4, 0.5) is 0 Å². The molecule has 1 aromatic carbocycles. The third kappa shape index (κ3) is 2.21. The Bertz CT molecular complexity index is 598. The quantitative estimate of drug-likeness (QED) is 0.781. The first-order valence-corrected chi connectivity index (χ1v) is 6.68. The molecule has 1 aromatic heterocycles. The highest BCUT2D eigenvalue weighted by Crippen LogP contribution is 2.29. The number of aromatic amines is 1. The predicted octanol–water partition coefficient (Wildman–Crippen LogP) is 1.56. The van der Waals surface area contributed by atoms with Crippen molar-refractivity contribution < 1.29 is 4.79 Å². The number of H-pyrrole nitrogens is 1. The molecule has 0 saturated heterocycles. The number of fused-ring (bicyclic) bond motifs is 1. The van der Waals surface area contributed by atoms with Crippen LogP contribution in [0.25, 0.3) is 11.0 Å². The van der Waals surface area contributed by atoms with Crippen LogP contribution >= 0.6 is 0 Å². The van der Waals surface area contributed by atoms with E-state index in [0.717, 1.165) is 36.7 Å². The summed E-state index contributed by atoms with van der Waals surface area (Å²) in [5.41, 5.74) is 8.02. The second-order valence-corrected chi connectivity index (χ2v) is 5.28. The molecule has 1 heterocycles. The van der Waals surface area contributed by atoms with Crippen molar-refractivity contribution in [3.8, 4) is 0 Å². The van der Waals surface area contributed by atoms with Crippen molar-refractivity contribution in [2.45, 2.75) is 31.2 Å². The summed E-state index contributed by atoms with van der Waals surface area (Å²) in [6.07, 6.45) is 5.85. The zero-order chi connectivity index (χ0) is 13.3.